The third-order valence-corrected chi connectivity index (χ3v) is 4.83. The number of amides is 1. The molecule has 1 aliphatic carbocycles. The Balaban J connectivity index is 1.57. The normalized spacial score (nSPS) is 16.2. The predicted molar refractivity (Wildman–Crippen MR) is 94.0 cm³/mol. The predicted octanol–water partition coefficient (Wildman–Crippen LogP) is 2.66. The van der Waals surface area contributed by atoms with Gasteiger partial charge in [-0.05, 0) is 42.0 Å². The smallest absolute Gasteiger partial charge is 0.257 e. The first-order valence-corrected chi connectivity index (χ1v) is 8.56. The largest absolute Gasteiger partial charge is 0.345 e. The Morgan fingerprint density at radius 1 is 1.40 bits per heavy atom. The fourth-order valence-electron chi connectivity index (χ4n) is 3.45. The number of nitrogens with one attached hydrogen (secondary N) is 1. The number of hydrogen-bond donors (Lipinski definition) is 2. The molecular weight excluding hydrogens is 316 g/mol. The molecule has 6 nitrogen and oxygen atoms in total. The highest BCUT2D eigenvalue weighted by atomic mass is 16.5. The summed E-state index contributed by atoms with van der Waals surface area (Å²) in [5.74, 6) is -0.126. The fraction of sp³-hybridized carbons (Fsp3) is 0.316. The summed E-state index contributed by atoms with van der Waals surface area (Å²) in [6.45, 7) is 2.53. The van der Waals surface area contributed by atoms with Crippen molar-refractivity contribution >= 4 is 17.0 Å². The topological polar surface area (TPSA) is 94.0 Å². The summed E-state index contributed by atoms with van der Waals surface area (Å²) in [5, 5.41) is 7.91. The van der Waals surface area contributed by atoms with Crippen LogP contribution >= 0.6 is 0 Å². The maximum absolute atomic E-state index is 12.7. The Kier molecular flexibility index (Phi) is 3.97. The van der Waals surface area contributed by atoms with Gasteiger partial charge in [-0.15, -0.1) is 0 Å². The molecule has 1 amide bonds. The van der Waals surface area contributed by atoms with Gasteiger partial charge < -0.3 is 15.6 Å². The number of fused-ring (bicyclic) bond motifs is 2. The molecule has 0 spiro atoms. The number of hydrogen-bond acceptors (Lipinski definition) is 5. The van der Waals surface area contributed by atoms with Crippen molar-refractivity contribution in [3.8, 4) is 0 Å². The molecule has 1 aromatic carbocycles. The van der Waals surface area contributed by atoms with Crippen molar-refractivity contribution in [1.29, 1.82) is 0 Å². The lowest BCUT2D eigenvalue weighted by molar-refractivity contribution is 0.0936. The van der Waals surface area contributed by atoms with Gasteiger partial charge in [0.15, 0.2) is 0 Å². The zero-order valence-corrected chi connectivity index (χ0v) is 14.1. The van der Waals surface area contributed by atoms with E-state index >= 15 is 0 Å². The highest BCUT2D eigenvalue weighted by molar-refractivity contribution is 5.97. The van der Waals surface area contributed by atoms with Crippen molar-refractivity contribution in [3.05, 3.63) is 58.4 Å². The van der Waals surface area contributed by atoms with Gasteiger partial charge in [-0.3, -0.25) is 4.79 Å². The number of carbonyl (C=O) groups is 1. The molecule has 0 radical (unpaired) electrons. The summed E-state index contributed by atoms with van der Waals surface area (Å²) >= 11 is 0. The summed E-state index contributed by atoms with van der Waals surface area (Å²) in [6.07, 6.45) is 4.13. The van der Waals surface area contributed by atoms with Gasteiger partial charge in [0.1, 0.15) is 0 Å². The molecule has 2 aromatic heterocycles. The van der Waals surface area contributed by atoms with Gasteiger partial charge in [0.2, 0.25) is 0 Å². The van der Waals surface area contributed by atoms with Gasteiger partial charge in [-0.25, -0.2) is 4.98 Å². The maximum Gasteiger partial charge on any atom is 0.257 e. The lowest BCUT2D eigenvalue weighted by Crippen LogP contribution is -2.27. The molecule has 3 N–H and O–H groups in total. The number of nitrogens with two attached hydrogens (primary N) is 1. The van der Waals surface area contributed by atoms with E-state index in [0.29, 0.717) is 17.8 Å². The van der Waals surface area contributed by atoms with Crippen molar-refractivity contribution in [2.45, 2.75) is 38.8 Å². The molecule has 4 rings (SSSR count). The molecule has 1 unspecified atom stereocenters. The first kappa shape index (κ1) is 15.8. The van der Waals surface area contributed by atoms with Gasteiger partial charge >= 0.3 is 0 Å². The second kappa shape index (κ2) is 6.29. The summed E-state index contributed by atoms with van der Waals surface area (Å²) in [5.41, 5.74) is 11.1. The molecule has 1 atom stereocenters. The summed E-state index contributed by atoms with van der Waals surface area (Å²) in [6, 6.07) is 8.08. The molecule has 6 heteroatoms. The molecule has 0 saturated heterocycles. The lowest BCUT2D eigenvalue weighted by atomic mass is 10.0. The zero-order valence-electron chi connectivity index (χ0n) is 14.1. The number of aromatic nitrogens is 2. The van der Waals surface area contributed by atoms with E-state index in [9.17, 15) is 4.79 Å². The minimum Gasteiger partial charge on any atom is -0.345 e. The summed E-state index contributed by atoms with van der Waals surface area (Å²) in [7, 11) is 0. The van der Waals surface area contributed by atoms with Crippen LogP contribution in [-0.4, -0.2) is 16.0 Å². The summed E-state index contributed by atoms with van der Waals surface area (Å²) < 4.78 is 5.17. The molecule has 0 saturated carbocycles. The van der Waals surface area contributed by atoms with E-state index in [2.05, 4.69) is 27.6 Å². The first-order valence-electron chi connectivity index (χ1n) is 8.56. The molecule has 25 heavy (non-hydrogen) atoms. The molecular formula is C19H20N4O2. The zero-order chi connectivity index (χ0) is 17.4. The Morgan fingerprint density at radius 3 is 3.08 bits per heavy atom. The number of pyridine rings is 1. The Bertz CT molecular complexity index is 948. The minimum atomic E-state index is -0.126. The van der Waals surface area contributed by atoms with Gasteiger partial charge in [-0.1, -0.05) is 30.3 Å². The number of carbonyl (C=O) groups excluding carboxylic acids is 1. The van der Waals surface area contributed by atoms with Crippen molar-refractivity contribution in [2.75, 3.05) is 0 Å². The van der Waals surface area contributed by atoms with Gasteiger partial charge in [0.25, 0.3) is 11.6 Å². The van der Waals surface area contributed by atoms with Crippen LogP contribution in [0.25, 0.3) is 11.1 Å². The van der Waals surface area contributed by atoms with Crippen molar-refractivity contribution in [3.63, 3.8) is 0 Å². The third-order valence-electron chi connectivity index (χ3n) is 4.83. The van der Waals surface area contributed by atoms with E-state index in [-0.39, 0.29) is 11.9 Å². The van der Waals surface area contributed by atoms with Crippen molar-refractivity contribution < 1.29 is 9.32 Å². The monoisotopic (exact) mass is 336 g/mol. The van der Waals surface area contributed by atoms with Crippen LogP contribution in [0.3, 0.4) is 0 Å². The number of nitrogens with zero attached hydrogens (tertiary/aromatic N) is 2. The quantitative estimate of drug-likeness (QED) is 0.764. The Hall–Kier alpha value is -2.73. The van der Waals surface area contributed by atoms with Crippen LogP contribution in [0, 0.1) is 0 Å². The number of benzene rings is 1. The Morgan fingerprint density at radius 2 is 2.28 bits per heavy atom. The average Bonchev–Trinajstić information content (AvgIpc) is 3.24. The highest BCUT2D eigenvalue weighted by Gasteiger charge is 2.25. The van der Waals surface area contributed by atoms with Crippen molar-refractivity contribution in [2.24, 2.45) is 5.73 Å². The Labute approximate surface area is 145 Å². The van der Waals surface area contributed by atoms with Gasteiger partial charge in [0, 0.05) is 12.7 Å². The minimum absolute atomic E-state index is 0.0261. The van der Waals surface area contributed by atoms with Crippen LogP contribution in [0.1, 0.15) is 52.1 Å². The molecule has 3 aromatic rings. The molecule has 128 valence electrons. The van der Waals surface area contributed by atoms with Crippen LogP contribution < -0.4 is 11.1 Å². The molecule has 0 aliphatic heterocycles. The van der Waals surface area contributed by atoms with Crippen LogP contribution in [0.5, 0.6) is 0 Å². The summed E-state index contributed by atoms with van der Waals surface area (Å²) in [4.78, 5) is 16.9. The average molecular weight is 336 g/mol. The van der Waals surface area contributed by atoms with E-state index in [1.807, 2.05) is 13.0 Å². The van der Waals surface area contributed by atoms with Gasteiger partial charge in [0.05, 0.1) is 22.7 Å². The van der Waals surface area contributed by atoms with E-state index < -0.39 is 0 Å². The first-order chi connectivity index (χ1) is 12.2. The van der Waals surface area contributed by atoms with E-state index in [0.717, 1.165) is 35.9 Å². The van der Waals surface area contributed by atoms with Gasteiger partial charge in [-0.2, -0.15) is 0 Å². The van der Waals surface area contributed by atoms with E-state index in [4.69, 9.17) is 10.3 Å². The van der Waals surface area contributed by atoms with Crippen LogP contribution in [-0.2, 0) is 19.4 Å². The van der Waals surface area contributed by atoms with Crippen molar-refractivity contribution in [1.82, 2.24) is 15.5 Å². The SMILES string of the molecule is CCc1noc2ncc(C(=O)NC3CCc4cc(CN)ccc43)cc12. The van der Waals surface area contributed by atoms with E-state index in [1.165, 1.54) is 17.3 Å². The molecule has 1 aliphatic rings. The molecule has 2 heterocycles. The van der Waals surface area contributed by atoms with Crippen LogP contribution in [0.15, 0.2) is 35.0 Å². The highest BCUT2D eigenvalue weighted by Crippen LogP contribution is 2.32. The standard InChI is InChI=1S/C19H20N4O2/c1-2-16-15-8-13(10-21-19(15)25-23-16)18(24)22-17-6-4-12-7-11(9-20)3-5-14(12)17/h3,5,7-8,10,17H,2,4,6,9,20H2,1H3,(H,22,24). The maximum atomic E-state index is 12.7. The fourth-order valence-corrected chi connectivity index (χ4v) is 3.45. The second-order valence-electron chi connectivity index (χ2n) is 6.36. The second-order valence-corrected chi connectivity index (χ2v) is 6.36. The lowest BCUT2D eigenvalue weighted by Gasteiger charge is -2.14. The molecule has 0 bridgehead atoms. The number of aryl methyl sites for hydroxylation is 2. The van der Waals surface area contributed by atoms with E-state index in [1.54, 1.807) is 6.07 Å². The number of rotatable bonds is 4. The van der Waals surface area contributed by atoms with Crippen LogP contribution in [0.4, 0.5) is 0 Å². The van der Waals surface area contributed by atoms with Crippen LogP contribution in [0.2, 0.25) is 0 Å². The third kappa shape index (κ3) is 2.78. The molecule has 0 fully saturated rings.